The predicted octanol–water partition coefficient (Wildman–Crippen LogP) is 0.829. The highest BCUT2D eigenvalue weighted by atomic mass is 19.1. The molecule has 1 heterocycles. The van der Waals surface area contributed by atoms with Gasteiger partial charge in [-0.1, -0.05) is 18.2 Å². The lowest BCUT2D eigenvalue weighted by atomic mass is 10.2. The minimum Gasteiger partial charge on any atom is -0.326 e. The third-order valence-electron chi connectivity index (χ3n) is 3.69. The first-order valence-electron chi connectivity index (χ1n) is 7.23. The molecule has 0 aliphatic rings. The van der Waals surface area contributed by atoms with Gasteiger partial charge in [0.15, 0.2) is 6.54 Å². The Balaban J connectivity index is 1.96. The summed E-state index contributed by atoms with van der Waals surface area (Å²) >= 11 is 0. The fourth-order valence-corrected chi connectivity index (χ4v) is 2.44. The number of likely N-dealkylation sites (N-methyl/N-ethyl adjacent to an activating group) is 1. The second kappa shape index (κ2) is 6.70. The maximum atomic E-state index is 13.6. The number of benzene rings is 1. The number of carbonyl (C=O) groups excluding carboxylic acids is 1. The van der Waals surface area contributed by atoms with Crippen LogP contribution in [0.1, 0.15) is 17.0 Å². The molecule has 0 aliphatic heterocycles. The second-order valence-corrected chi connectivity index (χ2v) is 5.62. The topological polar surface area (TPSA) is 51.4 Å². The molecule has 0 fully saturated rings. The van der Waals surface area contributed by atoms with E-state index in [2.05, 4.69) is 10.4 Å². The number of carbonyl (C=O) groups is 1. The minimum absolute atomic E-state index is 0.104. The van der Waals surface area contributed by atoms with E-state index in [4.69, 9.17) is 0 Å². The quantitative estimate of drug-likeness (QED) is 0.860. The van der Waals surface area contributed by atoms with Gasteiger partial charge in [0, 0.05) is 12.6 Å². The molecule has 6 heteroatoms. The number of quaternary nitrogens is 1. The van der Waals surface area contributed by atoms with E-state index in [0.29, 0.717) is 12.1 Å². The summed E-state index contributed by atoms with van der Waals surface area (Å²) in [4.78, 5) is 13.1. The molecule has 0 saturated carbocycles. The van der Waals surface area contributed by atoms with Gasteiger partial charge in [-0.3, -0.25) is 9.48 Å². The van der Waals surface area contributed by atoms with E-state index in [9.17, 15) is 9.18 Å². The van der Waals surface area contributed by atoms with Crippen LogP contribution in [0.4, 0.5) is 10.1 Å². The van der Waals surface area contributed by atoms with Crippen molar-refractivity contribution in [2.45, 2.75) is 20.4 Å². The summed E-state index contributed by atoms with van der Waals surface area (Å²) < 4.78 is 15.4. The minimum atomic E-state index is -0.235. The highest BCUT2D eigenvalue weighted by Gasteiger charge is 2.16. The number of halogens is 1. The molecule has 0 saturated heterocycles. The first-order chi connectivity index (χ1) is 10.4. The van der Waals surface area contributed by atoms with Crippen LogP contribution >= 0.6 is 0 Å². The van der Waals surface area contributed by atoms with E-state index in [0.717, 1.165) is 22.0 Å². The summed E-state index contributed by atoms with van der Waals surface area (Å²) in [7, 11) is 3.71. The Hall–Kier alpha value is -2.21. The van der Waals surface area contributed by atoms with Crippen LogP contribution in [0.15, 0.2) is 24.3 Å². The van der Waals surface area contributed by atoms with Crippen LogP contribution in [-0.2, 0) is 18.4 Å². The number of aromatic nitrogens is 2. The largest absolute Gasteiger partial charge is 0.326 e. The van der Waals surface area contributed by atoms with E-state index < -0.39 is 0 Å². The summed E-state index contributed by atoms with van der Waals surface area (Å²) in [6.45, 7) is 4.50. The molecule has 0 spiro atoms. The van der Waals surface area contributed by atoms with Crippen molar-refractivity contribution in [1.82, 2.24) is 9.78 Å². The zero-order chi connectivity index (χ0) is 16.3. The first kappa shape index (κ1) is 16.2. The maximum Gasteiger partial charge on any atom is 0.279 e. The van der Waals surface area contributed by atoms with E-state index >= 15 is 0 Å². The molecule has 5 nitrogen and oxygen atoms in total. The fraction of sp³-hybridized carbons (Fsp3) is 0.375. The molecule has 1 aromatic carbocycles. The monoisotopic (exact) mass is 305 g/mol. The van der Waals surface area contributed by atoms with Crippen LogP contribution in [0, 0.1) is 19.7 Å². The molecule has 118 valence electrons. The van der Waals surface area contributed by atoms with Gasteiger partial charge in [0.25, 0.3) is 5.91 Å². The van der Waals surface area contributed by atoms with Crippen molar-refractivity contribution in [1.29, 1.82) is 0 Å². The smallest absolute Gasteiger partial charge is 0.279 e. The molecule has 1 unspecified atom stereocenters. The lowest BCUT2D eigenvalue weighted by molar-refractivity contribution is -0.885. The highest BCUT2D eigenvalue weighted by molar-refractivity contribution is 5.92. The van der Waals surface area contributed by atoms with Crippen LogP contribution in [0.5, 0.6) is 0 Å². The van der Waals surface area contributed by atoms with Gasteiger partial charge in [0.1, 0.15) is 12.4 Å². The molecule has 0 bridgehead atoms. The van der Waals surface area contributed by atoms with Gasteiger partial charge in [-0.15, -0.1) is 0 Å². The van der Waals surface area contributed by atoms with E-state index in [1.54, 1.807) is 22.9 Å². The van der Waals surface area contributed by atoms with Crippen LogP contribution in [-0.4, -0.2) is 29.3 Å². The molecular formula is C16H22FN4O+. The lowest BCUT2D eigenvalue weighted by Crippen LogP contribution is -3.08. The van der Waals surface area contributed by atoms with Crippen molar-refractivity contribution in [2.24, 2.45) is 7.05 Å². The van der Waals surface area contributed by atoms with Crippen LogP contribution < -0.4 is 10.2 Å². The summed E-state index contributed by atoms with van der Waals surface area (Å²) in [5.74, 6) is -0.339. The SMILES string of the molecule is Cc1nn(C)c(C)c1NC(=O)C[NH+](C)Cc1ccccc1F. The van der Waals surface area contributed by atoms with Gasteiger partial charge >= 0.3 is 0 Å². The molecule has 2 aromatic rings. The number of nitrogens with one attached hydrogen (secondary N) is 2. The van der Waals surface area contributed by atoms with Gasteiger partial charge in [-0.05, 0) is 19.9 Å². The number of hydrogen-bond donors (Lipinski definition) is 2. The first-order valence-corrected chi connectivity index (χ1v) is 7.23. The number of amides is 1. The van der Waals surface area contributed by atoms with Crippen molar-refractivity contribution >= 4 is 11.6 Å². The Morgan fingerprint density at radius 1 is 1.36 bits per heavy atom. The lowest BCUT2D eigenvalue weighted by Gasteiger charge is -2.14. The molecular weight excluding hydrogens is 283 g/mol. The molecule has 0 aliphatic carbocycles. The van der Waals surface area contributed by atoms with Gasteiger partial charge in [0.2, 0.25) is 0 Å². The van der Waals surface area contributed by atoms with Crippen molar-refractivity contribution < 1.29 is 14.1 Å². The molecule has 1 amide bonds. The van der Waals surface area contributed by atoms with Crippen molar-refractivity contribution in [3.63, 3.8) is 0 Å². The summed E-state index contributed by atoms with van der Waals surface area (Å²) in [6.07, 6.45) is 0. The average Bonchev–Trinajstić information content (AvgIpc) is 2.68. The molecule has 22 heavy (non-hydrogen) atoms. The summed E-state index contributed by atoms with van der Waals surface area (Å²) in [5.41, 5.74) is 3.07. The molecule has 1 atom stereocenters. The van der Waals surface area contributed by atoms with Gasteiger partial charge < -0.3 is 10.2 Å². The van der Waals surface area contributed by atoms with Gasteiger partial charge in [0.05, 0.1) is 24.1 Å². The Kier molecular flexibility index (Phi) is 4.92. The average molecular weight is 305 g/mol. The number of aryl methyl sites for hydroxylation is 2. The Labute approximate surface area is 129 Å². The third kappa shape index (κ3) is 3.71. The standard InChI is InChI=1S/C16H21FN4O/c1-11-16(12(2)21(4)19-11)18-15(22)10-20(3)9-13-7-5-6-8-14(13)17/h5-8H,9-10H2,1-4H3,(H,18,22)/p+1. The van der Waals surface area contributed by atoms with Crippen LogP contribution in [0.25, 0.3) is 0 Å². The zero-order valence-corrected chi connectivity index (χ0v) is 13.4. The molecule has 0 radical (unpaired) electrons. The summed E-state index contributed by atoms with van der Waals surface area (Å²) in [6, 6.07) is 6.64. The number of rotatable bonds is 5. The van der Waals surface area contributed by atoms with E-state index in [-0.39, 0.29) is 18.3 Å². The Bertz CT molecular complexity index is 681. The van der Waals surface area contributed by atoms with E-state index in [1.807, 2.05) is 27.9 Å². The Morgan fingerprint density at radius 2 is 2.05 bits per heavy atom. The van der Waals surface area contributed by atoms with Crippen molar-refractivity contribution in [2.75, 3.05) is 18.9 Å². The van der Waals surface area contributed by atoms with Crippen molar-refractivity contribution in [3.05, 3.63) is 47.0 Å². The maximum absolute atomic E-state index is 13.6. The summed E-state index contributed by atoms with van der Waals surface area (Å²) in [5, 5.41) is 7.16. The predicted molar refractivity (Wildman–Crippen MR) is 83.2 cm³/mol. The third-order valence-corrected chi connectivity index (χ3v) is 3.69. The Morgan fingerprint density at radius 3 is 2.64 bits per heavy atom. The van der Waals surface area contributed by atoms with Gasteiger partial charge in [-0.2, -0.15) is 5.10 Å². The second-order valence-electron chi connectivity index (χ2n) is 5.62. The van der Waals surface area contributed by atoms with Crippen molar-refractivity contribution in [3.8, 4) is 0 Å². The van der Waals surface area contributed by atoms with E-state index in [1.165, 1.54) is 6.07 Å². The molecule has 2 rings (SSSR count). The molecule has 1 aromatic heterocycles. The number of nitrogens with zero attached hydrogens (tertiary/aromatic N) is 2. The number of anilines is 1. The highest BCUT2D eigenvalue weighted by Crippen LogP contribution is 2.17. The van der Waals surface area contributed by atoms with Crippen LogP contribution in [0.3, 0.4) is 0 Å². The molecule has 2 N–H and O–H groups in total. The normalized spacial score (nSPS) is 12.2. The number of hydrogen-bond acceptors (Lipinski definition) is 2. The fourth-order valence-electron chi connectivity index (χ4n) is 2.44. The zero-order valence-electron chi connectivity index (χ0n) is 13.4. The van der Waals surface area contributed by atoms with Gasteiger partial charge in [-0.25, -0.2) is 4.39 Å². The van der Waals surface area contributed by atoms with Crippen LogP contribution in [0.2, 0.25) is 0 Å².